The molecule has 1 aromatic heterocycles. The summed E-state index contributed by atoms with van der Waals surface area (Å²) in [4.78, 5) is 12.0. The zero-order chi connectivity index (χ0) is 10.2. The number of thiophene rings is 1. The quantitative estimate of drug-likeness (QED) is 0.772. The lowest BCUT2D eigenvalue weighted by Gasteiger charge is -2.07. The molecule has 0 atom stereocenters. The molecule has 1 aliphatic carbocycles. The third kappa shape index (κ3) is 1.81. The van der Waals surface area contributed by atoms with Crippen molar-refractivity contribution in [2.75, 3.05) is 7.11 Å². The first-order valence-corrected chi connectivity index (χ1v) is 5.46. The fraction of sp³-hybridized carbons (Fsp3) is 0.500. The van der Waals surface area contributed by atoms with E-state index >= 15 is 0 Å². The van der Waals surface area contributed by atoms with Crippen molar-refractivity contribution < 1.29 is 9.53 Å². The molecule has 1 fully saturated rings. The Morgan fingerprint density at radius 1 is 1.71 bits per heavy atom. The molecule has 0 amide bonds. The minimum absolute atomic E-state index is 0.0517. The van der Waals surface area contributed by atoms with Gasteiger partial charge in [-0.3, -0.25) is 0 Å². The van der Waals surface area contributed by atoms with E-state index in [1.807, 2.05) is 11.4 Å². The van der Waals surface area contributed by atoms with Crippen LogP contribution in [0.5, 0.6) is 0 Å². The summed E-state index contributed by atoms with van der Waals surface area (Å²) >= 11 is 1.42. The lowest BCUT2D eigenvalue weighted by atomic mass is 10.1. The molecule has 1 heterocycles. The Balaban J connectivity index is 2.17. The predicted octanol–water partition coefficient (Wildman–Crippen LogP) is 1.57. The molecule has 0 aromatic carbocycles. The van der Waals surface area contributed by atoms with Gasteiger partial charge in [-0.2, -0.15) is 0 Å². The van der Waals surface area contributed by atoms with Crippen LogP contribution >= 0.6 is 11.3 Å². The number of ether oxygens (including phenoxy) is 1. The van der Waals surface area contributed by atoms with Crippen LogP contribution in [0.15, 0.2) is 11.4 Å². The Hall–Kier alpha value is -0.870. The molecule has 1 aliphatic rings. The maximum absolute atomic E-state index is 11.3. The molecule has 1 saturated carbocycles. The summed E-state index contributed by atoms with van der Waals surface area (Å²) in [7, 11) is 1.40. The molecule has 76 valence electrons. The second-order valence-corrected chi connectivity index (χ2v) is 4.72. The van der Waals surface area contributed by atoms with Gasteiger partial charge in [-0.25, -0.2) is 4.79 Å². The number of hydrogen-bond acceptors (Lipinski definition) is 4. The summed E-state index contributed by atoms with van der Waals surface area (Å²) < 4.78 is 4.70. The maximum Gasteiger partial charge on any atom is 0.348 e. The number of rotatable bonds is 3. The predicted molar refractivity (Wildman–Crippen MR) is 55.5 cm³/mol. The minimum Gasteiger partial charge on any atom is -0.465 e. The van der Waals surface area contributed by atoms with Crippen LogP contribution in [0, 0.1) is 0 Å². The third-order valence-electron chi connectivity index (χ3n) is 2.55. The number of carbonyl (C=O) groups excluding carboxylic acids is 1. The Bertz CT molecular complexity index is 355. The average molecular weight is 211 g/mol. The fourth-order valence-electron chi connectivity index (χ4n) is 1.46. The van der Waals surface area contributed by atoms with Crippen LogP contribution in [-0.4, -0.2) is 18.6 Å². The van der Waals surface area contributed by atoms with E-state index in [4.69, 9.17) is 10.5 Å². The van der Waals surface area contributed by atoms with Gasteiger partial charge >= 0.3 is 5.97 Å². The largest absolute Gasteiger partial charge is 0.465 e. The fourth-order valence-corrected chi connectivity index (χ4v) is 2.30. The lowest BCUT2D eigenvalue weighted by molar-refractivity contribution is 0.0605. The average Bonchev–Trinajstić information content (AvgIpc) is 2.72. The van der Waals surface area contributed by atoms with E-state index < -0.39 is 0 Å². The third-order valence-corrected chi connectivity index (χ3v) is 3.49. The van der Waals surface area contributed by atoms with Crippen molar-refractivity contribution in [1.29, 1.82) is 0 Å². The van der Waals surface area contributed by atoms with Crippen LogP contribution < -0.4 is 5.73 Å². The van der Waals surface area contributed by atoms with Crippen molar-refractivity contribution in [3.05, 3.63) is 21.9 Å². The van der Waals surface area contributed by atoms with E-state index in [0.717, 1.165) is 24.8 Å². The first-order chi connectivity index (χ1) is 6.64. The van der Waals surface area contributed by atoms with E-state index in [-0.39, 0.29) is 11.5 Å². The van der Waals surface area contributed by atoms with Gasteiger partial charge in [0.25, 0.3) is 0 Å². The summed E-state index contributed by atoms with van der Waals surface area (Å²) in [6, 6.07) is 1.96. The van der Waals surface area contributed by atoms with Gasteiger partial charge in [0.1, 0.15) is 4.88 Å². The molecule has 0 spiro atoms. The van der Waals surface area contributed by atoms with Crippen molar-refractivity contribution in [3.8, 4) is 0 Å². The molecule has 4 heteroatoms. The smallest absolute Gasteiger partial charge is 0.348 e. The lowest BCUT2D eigenvalue weighted by Crippen LogP contribution is -2.25. The van der Waals surface area contributed by atoms with Gasteiger partial charge in [-0.15, -0.1) is 11.3 Å². The number of esters is 1. The number of hydrogen-bond donors (Lipinski definition) is 1. The molecule has 0 saturated heterocycles. The highest BCUT2D eigenvalue weighted by atomic mass is 32.1. The normalized spacial score (nSPS) is 17.9. The van der Waals surface area contributed by atoms with Crippen molar-refractivity contribution in [3.63, 3.8) is 0 Å². The van der Waals surface area contributed by atoms with Crippen molar-refractivity contribution in [1.82, 2.24) is 0 Å². The van der Waals surface area contributed by atoms with Gasteiger partial charge in [-0.1, -0.05) is 0 Å². The summed E-state index contributed by atoms with van der Waals surface area (Å²) in [5.74, 6) is -0.251. The molecular weight excluding hydrogens is 198 g/mol. The zero-order valence-electron chi connectivity index (χ0n) is 8.08. The summed E-state index contributed by atoms with van der Waals surface area (Å²) in [6.45, 7) is 0. The number of nitrogens with two attached hydrogens (primary N) is 1. The molecule has 2 rings (SSSR count). The van der Waals surface area contributed by atoms with Crippen LogP contribution in [0.3, 0.4) is 0 Å². The Morgan fingerprint density at radius 3 is 3.00 bits per heavy atom. The molecule has 0 aliphatic heterocycles. The zero-order valence-corrected chi connectivity index (χ0v) is 8.89. The molecule has 14 heavy (non-hydrogen) atoms. The second-order valence-electron chi connectivity index (χ2n) is 3.81. The van der Waals surface area contributed by atoms with Crippen molar-refractivity contribution in [2.24, 2.45) is 5.73 Å². The molecule has 2 N–H and O–H groups in total. The second kappa shape index (κ2) is 3.37. The first kappa shape index (κ1) is 9.68. The van der Waals surface area contributed by atoms with E-state index in [9.17, 15) is 4.79 Å². The molecule has 0 radical (unpaired) electrons. The highest BCUT2D eigenvalue weighted by Gasteiger charge is 2.39. The maximum atomic E-state index is 11.3. The highest BCUT2D eigenvalue weighted by molar-refractivity contribution is 7.12. The van der Waals surface area contributed by atoms with Gasteiger partial charge in [-0.05, 0) is 36.3 Å². The van der Waals surface area contributed by atoms with E-state index in [2.05, 4.69) is 0 Å². The molecule has 1 aromatic rings. The molecule has 3 nitrogen and oxygen atoms in total. The van der Waals surface area contributed by atoms with E-state index in [1.54, 1.807) is 0 Å². The van der Waals surface area contributed by atoms with Crippen LogP contribution in [-0.2, 0) is 11.2 Å². The summed E-state index contributed by atoms with van der Waals surface area (Å²) in [5, 5.41) is 1.91. The van der Waals surface area contributed by atoms with Crippen molar-refractivity contribution >= 4 is 17.3 Å². The first-order valence-electron chi connectivity index (χ1n) is 4.58. The van der Waals surface area contributed by atoms with Gasteiger partial charge in [0, 0.05) is 5.54 Å². The highest BCUT2D eigenvalue weighted by Crippen LogP contribution is 2.37. The minimum atomic E-state index is -0.251. The molecular formula is C10H13NO2S. The Morgan fingerprint density at radius 2 is 2.43 bits per heavy atom. The van der Waals surface area contributed by atoms with Gasteiger partial charge in [0.15, 0.2) is 0 Å². The molecule has 0 bridgehead atoms. The summed E-state index contributed by atoms with van der Waals surface area (Å²) in [6.07, 6.45) is 2.91. The van der Waals surface area contributed by atoms with Crippen molar-refractivity contribution in [2.45, 2.75) is 24.8 Å². The standard InChI is InChI=1S/C10H13NO2S/c1-13-9(12)8-7(2-5-14-8)6-10(11)3-4-10/h2,5H,3-4,6,11H2,1H3. The van der Waals surface area contributed by atoms with Crippen LogP contribution in [0.4, 0.5) is 0 Å². The Labute approximate surface area is 86.9 Å². The van der Waals surface area contributed by atoms with Crippen LogP contribution in [0.25, 0.3) is 0 Å². The molecule has 0 unspecified atom stereocenters. The summed E-state index contributed by atoms with van der Waals surface area (Å²) in [5.41, 5.74) is 6.98. The van der Waals surface area contributed by atoms with Gasteiger partial charge in [0.2, 0.25) is 0 Å². The van der Waals surface area contributed by atoms with Crippen LogP contribution in [0.2, 0.25) is 0 Å². The monoisotopic (exact) mass is 211 g/mol. The Kier molecular flexibility index (Phi) is 2.33. The van der Waals surface area contributed by atoms with Crippen LogP contribution in [0.1, 0.15) is 28.1 Å². The SMILES string of the molecule is COC(=O)c1sccc1CC1(N)CC1. The van der Waals surface area contributed by atoms with E-state index in [0.29, 0.717) is 4.88 Å². The topological polar surface area (TPSA) is 52.3 Å². The number of carbonyl (C=O) groups is 1. The van der Waals surface area contributed by atoms with Gasteiger partial charge < -0.3 is 10.5 Å². The van der Waals surface area contributed by atoms with Gasteiger partial charge in [0.05, 0.1) is 7.11 Å². The van der Waals surface area contributed by atoms with E-state index in [1.165, 1.54) is 18.4 Å². The number of methoxy groups -OCH3 is 1.